The lowest BCUT2D eigenvalue weighted by molar-refractivity contribution is -0.129. The fourth-order valence-electron chi connectivity index (χ4n) is 2.54. The van der Waals surface area contributed by atoms with Crippen molar-refractivity contribution in [3.8, 4) is 0 Å². The van der Waals surface area contributed by atoms with Crippen LogP contribution in [0.1, 0.15) is 46.0 Å². The summed E-state index contributed by atoms with van der Waals surface area (Å²) in [6.45, 7) is 4.63. The Kier molecular flexibility index (Phi) is 4.13. The summed E-state index contributed by atoms with van der Waals surface area (Å²) in [5.74, 6) is -0.244. The van der Waals surface area contributed by atoms with Crippen molar-refractivity contribution in [2.75, 3.05) is 13.1 Å². The van der Waals surface area contributed by atoms with Crippen molar-refractivity contribution >= 4 is 11.8 Å². The Morgan fingerprint density at radius 1 is 1.42 bits per heavy atom. The van der Waals surface area contributed by atoms with Crippen molar-refractivity contribution < 1.29 is 14.7 Å². The number of likely N-dealkylation sites (tertiary alicyclic amines) is 1. The molecule has 19 heavy (non-hydrogen) atoms. The number of nitrogens with zero attached hydrogens (tertiary/aromatic N) is 1. The lowest BCUT2D eigenvalue weighted by Crippen LogP contribution is -2.44. The number of amides is 2. The first-order valence-electron chi connectivity index (χ1n) is 7.28. The number of aliphatic hydroxyl groups is 1. The van der Waals surface area contributed by atoms with Crippen molar-refractivity contribution in [1.82, 2.24) is 10.2 Å². The van der Waals surface area contributed by atoms with E-state index in [2.05, 4.69) is 5.32 Å². The van der Waals surface area contributed by atoms with Gasteiger partial charge in [0.05, 0.1) is 11.5 Å². The van der Waals surface area contributed by atoms with Gasteiger partial charge in [0, 0.05) is 25.6 Å². The zero-order valence-electron chi connectivity index (χ0n) is 11.8. The quantitative estimate of drug-likeness (QED) is 0.743. The fraction of sp³-hybridized carbons (Fsp3) is 0.857. The van der Waals surface area contributed by atoms with Crippen molar-refractivity contribution in [2.45, 2.75) is 57.6 Å². The molecular weight excluding hydrogens is 244 g/mol. The maximum Gasteiger partial charge on any atom is 0.225 e. The SMILES string of the molecule is CCC(O)(CC)CNC(=O)C1CC(=O)N(C2CC2)C1. The summed E-state index contributed by atoms with van der Waals surface area (Å²) in [4.78, 5) is 25.7. The highest BCUT2D eigenvalue weighted by Crippen LogP contribution is 2.32. The van der Waals surface area contributed by atoms with Gasteiger partial charge < -0.3 is 15.3 Å². The molecule has 2 aliphatic rings. The monoisotopic (exact) mass is 268 g/mol. The summed E-state index contributed by atoms with van der Waals surface area (Å²) < 4.78 is 0. The van der Waals surface area contributed by atoms with Gasteiger partial charge in [-0.05, 0) is 25.7 Å². The molecule has 0 radical (unpaired) electrons. The molecule has 2 rings (SSSR count). The Hall–Kier alpha value is -1.10. The summed E-state index contributed by atoms with van der Waals surface area (Å²) in [6, 6.07) is 0.383. The number of hydrogen-bond acceptors (Lipinski definition) is 3. The maximum atomic E-state index is 12.1. The van der Waals surface area contributed by atoms with Crippen LogP contribution in [0.25, 0.3) is 0 Å². The molecule has 1 saturated carbocycles. The molecule has 1 heterocycles. The zero-order valence-corrected chi connectivity index (χ0v) is 11.8. The predicted octanol–water partition coefficient (Wildman–Crippen LogP) is 0.665. The van der Waals surface area contributed by atoms with Crippen LogP contribution in [0.4, 0.5) is 0 Å². The van der Waals surface area contributed by atoms with E-state index in [9.17, 15) is 14.7 Å². The van der Waals surface area contributed by atoms with Crippen LogP contribution in [-0.4, -0.2) is 46.6 Å². The number of carbonyl (C=O) groups is 2. The Morgan fingerprint density at radius 2 is 2.05 bits per heavy atom. The average Bonchev–Trinajstić information content (AvgIpc) is 3.18. The standard InChI is InChI=1S/C14H24N2O3/c1-3-14(19,4-2)9-15-13(18)10-7-12(17)16(8-10)11-5-6-11/h10-11,19H,3-9H2,1-2H3,(H,15,18). The lowest BCUT2D eigenvalue weighted by Gasteiger charge is -2.26. The highest BCUT2D eigenvalue weighted by molar-refractivity contribution is 5.89. The minimum absolute atomic E-state index is 0.100. The van der Waals surface area contributed by atoms with Crippen LogP contribution in [0.5, 0.6) is 0 Å². The van der Waals surface area contributed by atoms with Crippen LogP contribution >= 0.6 is 0 Å². The van der Waals surface area contributed by atoms with Gasteiger partial charge in [0.1, 0.15) is 0 Å². The molecule has 1 atom stereocenters. The lowest BCUT2D eigenvalue weighted by atomic mass is 9.97. The van der Waals surface area contributed by atoms with E-state index in [1.807, 2.05) is 18.7 Å². The van der Waals surface area contributed by atoms with E-state index < -0.39 is 5.60 Å². The van der Waals surface area contributed by atoms with Gasteiger partial charge in [-0.25, -0.2) is 0 Å². The summed E-state index contributed by atoms with van der Waals surface area (Å²) in [5, 5.41) is 12.9. The molecule has 5 heteroatoms. The Balaban J connectivity index is 1.82. The first-order valence-corrected chi connectivity index (χ1v) is 7.28. The predicted molar refractivity (Wildman–Crippen MR) is 71.4 cm³/mol. The van der Waals surface area contributed by atoms with Crippen molar-refractivity contribution in [3.63, 3.8) is 0 Å². The summed E-state index contributed by atoms with van der Waals surface area (Å²) in [7, 11) is 0. The molecule has 2 fully saturated rings. The molecule has 1 aliphatic heterocycles. The molecular formula is C14H24N2O3. The summed E-state index contributed by atoms with van der Waals surface area (Å²) in [5.41, 5.74) is -0.825. The van der Waals surface area contributed by atoms with Gasteiger partial charge in [-0.2, -0.15) is 0 Å². The van der Waals surface area contributed by atoms with Crippen LogP contribution in [0.15, 0.2) is 0 Å². The molecule has 0 aromatic heterocycles. The van der Waals surface area contributed by atoms with Crippen LogP contribution < -0.4 is 5.32 Å². The Labute approximate surface area is 114 Å². The van der Waals surface area contributed by atoms with E-state index in [1.165, 1.54) is 0 Å². The van der Waals surface area contributed by atoms with E-state index >= 15 is 0 Å². The van der Waals surface area contributed by atoms with E-state index in [0.29, 0.717) is 31.8 Å². The summed E-state index contributed by atoms with van der Waals surface area (Å²) >= 11 is 0. The minimum atomic E-state index is -0.825. The van der Waals surface area contributed by atoms with Crippen LogP contribution in [0.2, 0.25) is 0 Å². The Bertz CT molecular complexity index is 362. The highest BCUT2D eigenvalue weighted by atomic mass is 16.3. The molecule has 0 aromatic rings. The zero-order chi connectivity index (χ0) is 14.0. The minimum Gasteiger partial charge on any atom is -0.388 e. The van der Waals surface area contributed by atoms with Crippen molar-refractivity contribution in [3.05, 3.63) is 0 Å². The largest absolute Gasteiger partial charge is 0.388 e. The van der Waals surface area contributed by atoms with E-state index in [-0.39, 0.29) is 24.3 Å². The van der Waals surface area contributed by atoms with Crippen molar-refractivity contribution in [2.24, 2.45) is 5.92 Å². The number of nitrogens with one attached hydrogen (secondary N) is 1. The first kappa shape index (κ1) is 14.3. The molecule has 5 nitrogen and oxygen atoms in total. The van der Waals surface area contributed by atoms with Crippen LogP contribution in [-0.2, 0) is 9.59 Å². The first-order chi connectivity index (χ1) is 8.99. The van der Waals surface area contributed by atoms with Crippen LogP contribution in [0.3, 0.4) is 0 Å². The second-order valence-electron chi connectivity index (χ2n) is 5.83. The van der Waals surface area contributed by atoms with E-state index in [4.69, 9.17) is 0 Å². The van der Waals surface area contributed by atoms with Gasteiger partial charge >= 0.3 is 0 Å². The molecule has 2 N–H and O–H groups in total. The normalized spacial score (nSPS) is 23.8. The number of hydrogen-bond donors (Lipinski definition) is 2. The molecule has 1 aliphatic carbocycles. The van der Waals surface area contributed by atoms with E-state index in [0.717, 1.165) is 12.8 Å². The third kappa shape index (κ3) is 3.26. The third-order valence-corrected chi connectivity index (χ3v) is 4.42. The molecule has 108 valence electrons. The van der Waals surface area contributed by atoms with Crippen LogP contribution in [0, 0.1) is 5.92 Å². The molecule has 1 saturated heterocycles. The van der Waals surface area contributed by atoms with Gasteiger partial charge in [-0.3, -0.25) is 9.59 Å². The van der Waals surface area contributed by atoms with Gasteiger partial charge in [-0.15, -0.1) is 0 Å². The van der Waals surface area contributed by atoms with Gasteiger partial charge in [0.15, 0.2) is 0 Å². The van der Waals surface area contributed by atoms with Gasteiger partial charge in [-0.1, -0.05) is 13.8 Å². The number of carbonyl (C=O) groups excluding carboxylic acids is 2. The molecule has 1 unspecified atom stereocenters. The van der Waals surface area contributed by atoms with E-state index in [1.54, 1.807) is 0 Å². The topological polar surface area (TPSA) is 69.6 Å². The molecule has 2 amide bonds. The summed E-state index contributed by atoms with van der Waals surface area (Å²) in [6.07, 6.45) is 3.69. The second-order valence-corrected chi connectivity index (χ2v) is 5.83. The van der Waals surface area contributed by atoms with Crippen molar-refractivity contribution in [1.29, 1.82) is 0 Å². The number of rotatable bonds is 6. The average molecular weight is 268 g/mol. The molecule has 0 bridgehead atoms. The highest BCUT2D eigenvalue weighted by Gasteiger charge is 2.41. The molecule has 0 aromatic carbocycles. The van der Waals surface area contributed by atoms with Gasteiger partial charge in [0.2, 0.25) is 11.8 Å². The third-order valence-electron chi connectivity index (χ3n) is 4.42. The Morgan fingerprint density at radius 3 is 2.58 bits per heavy atom. The molecule has 0 spiro atoms. The maximum absolute atomic E-state index is 12.1. The van der Waals surface area contributed by atoms with Gasteiger partial charge in [0.25, 0.3) is 0 Å². The second kappa shape index (κ2) is 5.49. The smallest absolute Gasteiger partial charge is 0.225 e. The fourth-order valence-corrected chi connectivity index (χ4v) is 2.54.